The number of alkyl halides is 3. The third-order valence-corrected chi connectivity index (χ3v) is 2.05. The van der Waals surface area contributed by atoms with Crippen LogP contribution in [0.3, 0.4) is 0 Å². The molecular weight excluding hydrogens is 267 g/mol. The van der Waals surface area contributed by atoms with Gasteiger partial charge in [0.2, 0.25) is 0 Å². The number of carboxylic acids is 1. The average Bonchev–Trinajstić information content (AvgIpc) is 2.01. The zero-order valence-corrected chi connectivity index (χ0v) is 8.06. The zero-order valence-electron chi connectivity index (χ0n) is 6.47. The third kappa shape index (κ3) is 2.03. The second-order valence-corrected chi connectivity index (χ2v) is 3.17. The summed E-state index contributed by atoms with van der Waals surface area (Å²) in [6, 6.07) is 1.04. The third-order valence-electron chi connectivity index (χ3n) is 1.39. The average molecular weight is 270 g/mol. The minimum atomic E-state index is -4.74. The molecular formula is C7H3BrF3NO2. The Morgan fingerprint density at radius 1 is 1.50 bits per heavy atom. The van der Waals surface area contributed by atoms with Crippen LogP contribution in [0.4, 0.5) is 13.2 Å². The molecule has 14 heavy (non-hydrogen) atoms. The fourth-order valence-corrected chi connectivity index (χ4v) is 1.40. The highest BCUT2D eigenvalue weighted by Gasteiger charge is 2.38. The number of halogens is 4. The molecule has 0 saturated heterocycles. The summed E-state index contributed by atoms with van der Waals surface area (Å²) in [6.45, 7) is 0. The summed E-state index contributed by atoms with van der Waals surface area (Å²) in [7, 11) is 0. The van der Waals surface area contributed by atoms with E-state index in [2.05, 4.69) is 20.9 Å². The van der Waals surface area contributed by atoms with Crippen molar-refractivity contribution in [2.75, 3.05) is 0 Å². The van der Waals surface area contributed by atoms with Crippen LogP contribution < -0.4 is 0 Å². The predicted molar refractivity (Wildman–Crippen MR) is 43.9 cm³/mol. The van der Waals surface area contributed by atoms with Gasteiger partial charge in [0.15, 0.2) is 5.69 Å². The summed E-state index contributed by atoms with van der Waals surface area (Å²) in [5, 5.41) is 8.47. The van der Waals surface area contributed by atoms with Gasteiger partial charge in [-0.15, -0.1) is 0 Å². The first-order valence-electron chi connectivity index (χ1n) is 3.29. The number of rotatable bonds is 1. The first kappa shape index (κ1) is 11.0. The highest BCUT2D eigenvalue weighted by Crippen LogP contribution is 2.36. The van der Waals surface area contributed by atoms with Crippen molar-refractivity contribution >= 4 is 21.9 Å². The van der Waals surface area contributed by atoms with E-state index in [-0.39, 0.29) is 4.47 Å². The van der Waals surface area contributed by atoms with Crippen LogP contribution in [-0.2, 0) is 6.18 Å². The lowest BCUT2D eigenvalue weighted by Gasteiger charge is -2.10. The van der Waals surface area contributed by atoms with Gasteiger partial charge in [0.1, 0.15) is 5.56 Å². The van der Waals surface area contributed by atoms with Crippen molar-refractivity contribution in [3.63, 3.8) is 0 Å². The Bertz CT molecular complexity index is 378. The van der Waals surface area contributed by atoms with Gasteiger partial charge in [0.05, 0.1) is 0 Å². The van der Waals surface area contributed by atoms with E-state index in [1.54, 1.807) is 0 Å². The lowest BCUT2D eigenvalue weighted by molar-refractivity contribution is -0.139. The minimum absolute atomic E-state index is 0.336. The van der Waals surface area contributed by atoms with Crippen molar-refractivity contribution < 1.29 is 23.1 Å². The summed E-state index contributed by atoms with van der Waals surface area (Å²) in [6.07, 6.45) is -3.75. The fraction of sp³-hybridized carbons (Fsp3) is 0.143. The highest BCUT2D eigenvalue weighted by atomic mass is 79.9. The topological polar surface area (TPSA) is 50.2 Å². The summed E-state index contributed by atoms with van der Waals surface area (Å²) in [5.41, 5.74) is -2.28. The summed E-state index contributed by atoms with van der Waals surface area (Å²) < 4.78 is 36.7. The van der Waals surface area contributed by atoms with Crippen LogP contribution in [0.15, 0.2) is 16.7 Å². The van der Waals surface area contributed by atoms with E-state index in [4.69, 9.17) is 5.11 Å². The lowest BCUT2D eigenvalue weighted by Crippen LogP contribution is -2.15. The molecule has 0 fully saturated rings. The van der Waals surface area contributed by atoms with Gasteiger partial charge in [0.25, 0.3) is 0 Å². The normalized spacial score (nSPS) is 11.4. The van der Waals surface area contributed by atoms with E-state index in [1.807, 2.05) is 0 Å². The Morgan fingerprint density at radius 2 is 2.07 bits per heavy atom. The number of pyridine rings is 1. The highest BCUT2D eigenvalue weighted by molar-refractivity contribution is 9.10. The quantitative estimate of drug-likeness (QED) is 0.853. The van der Waals surface area contributed by atoms with Crippen molar-refractivity contribution in [2.45, 2.75) is 6.18 Å². The second kappa shape index (κ2) is 3.56. The number of carboxylic acid groups (broad SMARTS) is 1. The molecule has 0 saturated carbocycles. The summed E-state index contributed by atoms with van der Waals surface area (Å²) >= 11 is 2.63. The van der Waals surface area contributed by atoms with Crippen LogP contribution in [0.25, 0.3) is 0 Å². The number of nitrogens with zero attached hydrogens (tertiary/aromatic N) is 1. The van der Waals surface area contributed by atoms with Crippen molar-refractivity contribution in [3.05, 3.63) is 28.0 Å². The SMILES string of the molecule is O=C(O)c1nccc(Br)c1C(F)(F)F. The molecule has 1 aromatic rings. The lowest BCUT2D eigenvalue weighted by atomic mass is 10.2. The van der Waals surface area contributed by atoms with Crippen molar-refractivity contribution in [3.8, 4) is 0 Å². The molecule has 0 aliphatic rings. The van der Waals surface area contributed by atoms with Gasteiger partial charge in [0, 0.05) is 10.7 Å². The maximum absolute atomic E-state index is 12.3. The number of aromatic carboxylic acids is 1. The Morgan fingerprint density at radius 3 is 2.43 bits per heavy atom. The van der Waals surface area contributed by atoms with Crippen LogP contribution in [0.1, 0.15) is 16.1 Å². The summed E-state index contributed by atoms with van der Waals surface area (Å²) in [4.78, 5) is 13.6. The molecule has 0 spiro atoms. The Labute approximate surface area is 84.7 Å². The molecule has 0 aliphatic heterocycles. The molecule has 1 aromatic heterocycles. The second-order valence-electron chi connectivity index (χ2n) is 2.32. The van der Waals surface area contributed by atoms with Gasteiger partial charge >= 0.3 is 12.1 Å². The summed E-state index contributed by atoms with van der Waals surface area (Å²) in [5.74, 6) is -1.71. The van der Waals surface area contributed by atoms with E-state index >= 15 is 0 Å². The standard InChI is InChI=1S/C7H3BrF3NO2/c8-3-1-2-12-5(6(13)14)4(3)7(9,10)11/h1-2H,(H,13,14). The van der Waals surface area contributed by atoms with Gasteiger partial charge in [-0.1, -0.05) is 15.9 Å². The molecule has 3 nitrogen and oxygen atoms in total. The molecule has 0 bridgehead atoms. The molecule has 0 unspecified atom stereocenters. The van der Waals surface area contributed by atoms with Gasteiger partial charge in [-0.2, -0.15) is 13.2 Å². The van der Waals surface area contributed by atoms with Crippen LogP contribution in [0.5, 0.6) is 0 Å². The molecule has 1 heterocycles. The minimum Gasteiger partial charge on any atom is -0.476 e. The van der Waals surface area contributed by atoms with E-state index in [9.17, 15) is 18.0 Å². The van der Waals surface area contributed by atoms with Gasteiger partial charge in [-0.05, 0) is 6.07 Å². The van der Waals surface area contributed by atoms with Gasteiger partial charge in [-0.25, -0.2) is 9.78 Å². The molecule has 7 heteroatoms. The molecule has 1 rings (SSSR count). The van der Waals surface area contributed by atoms with Crippen molar-refractivity contribution in [1.82, 2.24) is 4.98 Å². The fourth-order valence-electron chi connectivity index (χ4n) is 0.870. The number of aromatic nitrogens is 1. The van der Waals surface area contributed by atoms with E-state index in [0.29, 0.717) is 0 Å². The van der Waals surface area contributed by atoms with Crippen LogP contribution in [0.2, 0.25) is 0 Å². The van der Waals surface area contributed by atoms with Gasteiger partial charge < -0.3 is 5.11 Å². The Balaban J connectivity index is 3.45. The van der Waals surface area contributed by atoms with Gasteiger partial charge in [-0.3, -0.25) is 0 Å². The number of hydrogen-bond donors (Lipinski definition) is 1. The van der Waals surface area contributed by atoms with Crippen molar-refractivity contribution in [1.29, 1.82) is 0 Å². The molecule has 0 radical (unpaired) electrons. The predicted octanol–water partition coefficient (Wildman–Crippen LogP) is 2.56. The largest absolute Gasteiger partial charge is 0.476 e. The first-order valence-corrected chi connectivity index (χ1v) is 4.08. The van der Waals surface area contributed by atoms with Crippen LogP contribution in [0, 0.1) is 0 Å². The van der Waals surface area contributed by atoms with E-state index in [0.717, 1.165) is 12.3 Å². The smallest absolute Gasteiger partial charge is 0.419 e. The molecule has 0 atom stereocenters. The maximum atomic E-state index is 12.3. The molecule has 76 valence electrons. The first-order chi connectivity index (χ1) is 6.34. The Kier molecular flexibility index (Phi) is 2.79. The Hall–Kier alpha value is -1.11. The molecule has 1 N–H and O–H groups in total. The maximum Gasteiger partial charge on any atom is 0.419 e. The molecule has 0 aromatic carbocycles. The monoisotopic (exact) mass is 269 g/mol. The number of hydrogen-bond acceptors (Lipinski definition) is 2. The molecule has 0 aliphatic carbocycles. The van der Waals surface area contributed by atoms with Crippen LogP contribution >= 0.6 is 15.9 Å². The van der Waals surface area contributed by atoms with Crippen LogP contribution in [-0.4, -0.2) is 16.1 Å². The van der Waals surface area contributed by atoms with Crippen molar-refractivity contribution in [2.24, 2.45) is 0 Å². The zero-order chi connectivity index (χ0) is 10.9. The number of carbonyl (C=O) groups is 1. The van der Waals surface area contributed by atoms with E-state index in [1.165, 1.54) is 0 Å². The molecule has 0 amide bonds. The van der Waals surface area contributed by atoms with E-state index < -0.39 is 23.4 Å².